The number of fused-ring (bicyclic) bond motifs is 1. The number of halogens is 1. The molecule has 0 aliphatic carbocycles. The predicted molar refractivity (Wildman–Crippen MR) is 105 cm³/mol. The van der Waals surface area contributed by atoms with Gasteiger partial charge in [0.2, 0.25) is 6.79 Å². The Bertz CT molecular complexity index is 659. The average Bonchev–Trinajstić information content (AvgIpc) is 3.24. The molecule has 0 spiro atoms. The molecule has 0 saturated heterocycles. The van der Waals surface area contributed by atoms with Gasteiger partial charge in [-0.15, -0.1) is 24.0 Å². The standard InChI is InChI=1S/C17H22N4O2.HI/c1-18-17(20-8-11-21-9-2-3-10-21)19-7-6-14-4-5-15-16(12-14)23-13-22-15;/h2-5,9-10,12H,6-8,11,13H2,1H3,(H2,18,19,20);1H. The second-order valence-electron chi connectivity index (χ2n) is 5.28. The summed E-state index contributed by atoms with van der Waals surface area (Å²) in [5.74, 6) is 2.47. The highest BCUT2D eigenvalue weighted by Crippen LogP contribution is 2.32. The maximum absolute atomic E-state index is 5.40. The quantitative estimate of drug-likeness (QED) is 0.410. The molecular formula is C17H23IN4O2. The van der Waals surface area contributed by atoms with Gasteiger partial charge in [-0.1, -0.05) is 6.07 Å². The number of guanidine groups is 1. The average molecular weight is 442 g/mol. The van der Waals surface area contributed by atoms with Crippen LogP contribution in [-0.4, -0.2) is 37.5 Å². The minimum atomic E-state index is 0. The topological polar surface area (TPSA) is 59.8 Å². The molecule has 1 aromatic carbocycles. The van der Waals surface area contributed by atoms with Crippen LogP contribution in [-0.2, 0) is 13.0 Å². The van der Waals surface area contributed by atoms with Gasteiger partial charge in [0, 0.05) is 39.1 Å². The first kappa shape index (κ1) is 18.4. The van der Waals surface area contributed by atoms with Crippen molar-refractivity contribution in [2.75, 3.05) is 26.9 Å². The molecule has 0 fully saturated rings. The van der Waals surface area contributed by atoms with E-state index in [4.69, 9.17) is 9.47 Å². The van der Waals surface area contributed by atoms with E-state index < -0.39 is 0 Å². The summed E-state index contributed by atoms with van der Waals surface area (Å²) >= 11 is 0. The highest BCUT2D eigenvalue weighted by molar-refractivity contribution is 14.0. The second-order valence-corrected chi connectivity index (χ2v) is 5.28. The third kappa shape index (κ3) is 5.05. The second kappa shape index (κ2) is 9.41. The first-order chi connectivity index (χ1) is 11.3. The molecule has 0 saturated carbocycles. The third-order valence-corrected chi connectivity index (χ3v) is 3.70. The summed E-state index contributed by atoms with van der Waals surface area (Å²) in [5, 5.41) is 6.63. The Balaban J connectivity index is 0.00000208. The largest absolute Gasteiger partial charge is 0.454 e. The lowest BCUT2D eigenvalue weighted by Gasteiger charge is -2.12. The smallest absolute Gasteiger partial charge is 0.231 e. The first-order valence-corrected chi connectivity index (χ1v) is 7.79. The Morgan fingerprint density at radius 2 is 1.88 bits per heavy atom. The van der Waals surface area contributed by atoms with Gasteiger partial charge in [-0.3, -0.25) is 4.99 Å². The molecule has 0 atom stereocenters. The Labute approximate surface area is 159 Å². The van der Waals surface area contributed by atoms with E-state index in [1.54, 1.807) is 7.05 Å². The summed E-state index contributed by atoms with van der Waals surface area (Å²) in [6.45, 7) is 2.87. The van der Waals surface area contributed by atoms with Gasteiger partial charge in [0.25, 0.3) is 0 Å². The number of nitrogens with zero attached hydrogens (tertiary/aromatic N) is 2. The minimum absolute atomic E-state index is 0. The number of nitrogens with one attached hydrogen (secondary N) is 2. The fourth-order valence-corrected chi connectivity index (χ4v) is 2.46. The van der Waals surface area contributed by atoms with Crippen LogP contribution < -0.4 is 20.1 Å². The van der Waals surface area contributed by atoms with Crippen molar-refractivity contribution in [1.29, 1.82) is 0 Å². The molecule has 1 aromatic heterocycles. The highest BCUT2D eigenvalue weighted by Gasteiger charge is 2.12. The van der Waals surface area contributed by atoms with Crippen molar-refractivity contribution in [3.63, 3.8) is 0 Å². The van der Waals surface area contributed by atoms with Crippen molar-refractivity contribution in [2.45, 2.75) is 13.0 Å². The highest BCUT2D eigenvalue weighted by atomic mass is 127. The zero-order chi connectivity index (χ0) is 15.9. The van der Waals surface area contributed by atoms with Gasteiger partial charge in [0.1, 0.15) is 0 Å². The maximum atomic E-state index is 5.40. The third-order valence-electron chi connectivity index (χ3n) is 3.70. The van der Waals surface area contributed by atoms with E-state index in [-0.39, 0.29) is 24.0 Å². The lowest BCUT2D eigenvalue weighted by molar-refractivity contribution is 0.174. The van der Waals surface area contributed by atoms with Gasteiger partial charge in [0.05, 0.1) is 0 Å². The van der Waals surface area contributed by atoms with E-state index in [0.717, 1.165) is 43.5 Å². The van der Waals surface area contributed by atoms with Crippen LogP contribution in [0.2, 0.25) is 0 Å². The molecule has 2 N–H and O–H groups in total. The Kier molecular flexibility index (Phi) is 7.23. The summed E-state index contributed by atoms with van der Waals surface area (Å²) in [5.41, 5.74) is 1.21. The molecule has 1 aliphatic heterocycles. The van der Waals surface area contributed by atoms with Crippen molar-refractivity contribution in [1.82, 2.24) is 15.2 Å². The summed E-state index contributed by atoms with van der Waals surface area (Å²) in [7, 11) is 1.78. The fraction of sp³-hybridized carbons (Fsp3) is 0.353. The molecule has 6 nitrogen and oxygen atoms in total. The van der Waals surface area contributed by atoms with E-state index in [9.17, 15) is 0 Å². The monoisotopic (exact) mass is 442 g/mol. The van der Waals surface area contributed by atoms with Crippen LogP contribution in [0.3, 0.4) is 0 Å². The van der Waals surface area contributed by atoms with Crippen molar-refractivity contribution in [3.8, 4) is 11.5 Å². The van der Waals surface area contributed by atoms with Gasteiger partial charge in [-0.05, 0) is 36.2 Å². The molecule has 1 aliphatic rings. The normalized spacial score (nSPS) is 12.6. The van der Waals surface area contributed by atoms with Gasteiger partial charge in [0.15, 0.2) is 17.5 Å². The molecule has 7 heteroatoms. The van der Waals surface area contributed by atoms with Gasteiger partial charge >= 0.3 is 0 Å². The maximum Gasteiger partial charge on any atom is 0.231 e. The molecule has 130 valence electrons. The van der Waals surface area contributed by atoms with E-state index in [1.807, 2.05) is 24.3 Å². The summed E-state index contributed by atoms with van der Waals surface area (Å²) in [4.78, 5) is 4.24. The van der Waals surface area contributed by atoms with Crippen LogP contribution in [0, 0.1) is 0 Å². The van der Waals surface area contributed by atoms with Gasteiger partial charge in [-0.25, -0.2) is 0 Å². The first-order valence-electron chi connectivity index (χ1n) is 7.79. The molecule has 0 amide bonds. The zero-order valence-corrected chi connectivity index (χ0v) is 16.0. The number of aliphatic imine (C=N–C) groups is 1. The van der Waals surface area contributed by atoms with E-state index >= 15 is 0 Å². The van der Waals surface area contributed by atoms with Crippen LogP contribution in [0.5, 0.6) is 11.5 Å². The Morgan fingerprint density at radius 1 is 1.12 bits per heavy atom. The van der Waals surface area contributed by atoms with Crippen LogP contribution >= 0.6 is 24.0 Å². The number of aromatic nitrogens is 1. The lowest BCUT2D eigenvalue weighted by Crippen LogP contribution is -2.39. The fourth-order valence-electron chi connectivity index (χ4n) is 2.46. The SMILES string of the molecule is CN=C(NCCc1ccc2c(c1)OCO2)NCCn1cccc1.I. The lowest BCUT2D eigenvalue weighted by atomic mass is 10.1. The van der Waals surface area contributed by atoms with Gasteiger partial charge < -0.3 is 24.7 Å². The molecule has 3 rings (SSSR count). The van der Waals surface area contributed by atoms with Gasteiger partial charge in [-0.2, -0.15) is 0 Å². The predicted octanol–water partition coefficient (Wildman–Crippen LogP) is 2.24. The molecule has 2 heterocycles. The van der Waals surface area contributed by atoms with E-state index in [2.05, 4.69) is 38.7 Å². The molecule has 24 heavy (non-hydrogen) atoms. The molecule has 0 radical (unpaired) electrons. The summed E-state index contributed by atoms with van der Waals surface area (Å²) in [6, 6.07) is 10.1. The summed E-state index contributed by atoms with van der Waals surface area (Å²) < 4.78 is 12.8. The van der Waals surface area contributed by atoms with Crippen molar-refractivity contribution < 1.29 is 9.47 Å². The zero-order valence-electron chi connectivity index (χ0n) is 13.7. The molecule has 0 unspecified atom stereocenters. The van der Waals surface area contributed by atoms with E-state index in [0.29, 0.717) is 6.79 Å². The molecule has 2 aromatic rings. The van der Waals surface area contributed by atoms with Crippen molar-refractivity contribution >= 4 is 29.9 Å². The van der Waals surface area contributed by atoms with Crippen LogP contribution in [0.4, 0.5) is 0 Å². The van der Waals surface area contributed by atoms with Crippen LogP contribution in [0.1, 0.15) is 5.56 Å². The molecular weight excluding hydrogens is 419 g/mol. The van der Waals surface area contributed by atoms with Crippen LogP contribution in [0.25, 0.3) is 0 Å². The number of hydrogen-bond acceptors (Lipinski definition) is 3. The number of rotatable bonds is 6. The number of benzene rings is 1. The Morgan fingerprint density at radius 3 is 2.67 bits per heavy atom. The minimum Gasteiger partial charge on any atom is -0.454 e. The van der Waals surface area contributed by atoms with Crippen LogP contribution in [0.15, 0.2) is 47.7 Å². The van der Waals surface area contributed by atoms with Crippen molar-refractivity contribution in [2.24, 2.45) is 4.99 Å². The summed E-state index contributed by atoms with van der Waals surface area (Å²) in [6.07, 6.45) is 5.00. The Hall–Kier alpha value is -1.90. The van der Waals surface area contributed by atoms with E-state index in [1.165, 1.54) is 5.56 Å². The van der Waals surface area contributed by atoms with Crippen molar-refractivity contribution in [3.05, 3.63) is 48.3 Å². The molecule has 0 bridgehead atoms. The number of ether oxygens (including phenoxy) is 2. The number of hydrogen-bond donors (Lipinski definition) is 2.